The molecule has 19 heavy (non-hydrogen) atoms. The molecule has 1 atom stereocenters. The zero-order valence-corrected chi connectivity index (χ0v) is 12.4. The molecule has 0 radical (unpaired) electrons. The predicted molar refractivity (Wildman–Crippen MR) is 85.1 cm³/mol. The van der Waals surface area contributed by atoms with E-state index in [0.29, 0.717) is 0 Å². The molecule has 0 saturated heterocycles. The molecule has 0 saturated carbocycles. The van der Waals surface area contributed by atoms with Gasteiger partial charge in [0.2, 0.25) is 0 Å². The Morgan fingerprint density at radius 2 is 1.68 bits per heavy atom. The van der Waals surface area contributed by atoms with Gasteiger partial charge in [0.15, 0.2) is 0 Å². The van der Waals surface area contributed by atoms with Crippen LogP contribution in [0.4, 0.5) is 0 Å². The molecule has 0 aromatic rings. The van der Waals surface area contributed by atoms with E-state index in [-0.39, 0.29) is 5.76 Å². The lowest BCUT2D eigenvalue weighted by Gasteiger charge is -2.11. The smallest absolute Gasteiger partial charge is 0.108 e. The quantitative estimate of drug-likeness (QED) is 0.430. The van der Waals surface area contributed by atoms with Gasteiger partial charge in [-0.2, -0.15) is 0 Å². The summed E-state index contributed by atoms with van der Waals surface area (Å²) in [6, 6.07) is 0. The summed E-state index contributed by atoms with van der Waals surface area (Å²) in [5.74, 6) is -0.0106. The van der Waals surface area contributed by atoms with Crippen LogP contribution in [0.25, 0.3) is 0 Å². The fourth-order valence-corrected chi connectivity index (χ4v) is 1.05. The summed E-state index contributed by atoms with van der Waals surface area (Å²) in [6.07, 6.45) is 11.6. The molecular formula is C17H26O2. The van der Waals surface area contributed by atoms with Crippen molar-refractivity contribution in [3.63, 3.8) is 0 Å². The van der Waals surface area contributed by atoms with Crippen LogP contribution < -0.4 is 0 Å². The van der Waals surface area contributed by atoms with Crippen LogP contribution in [0.3, 0.4) is 0 Å². The highest BCUT2D eigenvalue weighted by Gasteiger charge is 2.07. The molecular weight excluding hydrogens is 236 g/mol. The van der Waals surface area contributed by atoms with E-state index in [0.717, 1.165) is 11.1 Å². The average Bonchev–Trinajstić information content (AvgIpc) is 2.39. The zero-order valence-electron chi connectivity index (χ0n) is 12.4. The van der Waals surface area contributed by atoms with Crippen LogP contribution >= 0.6 is 0 Å². The maximum atomic E-state index is 9.82. The lowest BCUT2D eigenvalue weighted by molar-refractivity contribution is 0.250. The lowest BCUT2D eigenvalue weighted by atomic mass is 10.0. The van der Waals surface area contributed by atoms with Crippen molar-refractivity contribution in [2.24, 2.45) is 0 Å². The Labute approximate surface area is 117 Å². The van der Waals surface area contributed by atoms with E-state index < -0.39 is 6.10 Å². The third-order valence-corrected chi connectivity index (χ3v) is 2.30. The fraction of sp³-hybridized carbons (Fsp3) is 0.294. The van der Waals surface area contributed by atoms with Crippen LogP contribution in [-0.4, -0.2) is 16.3 Å². The molecule has 2 heteroatoms. The molecule has 1 unspecified atom stereocenters. The summed E-state index contributed by atoms with van der Waals surface area (Å²) in [6.45, 7) is 14.6. The first-order valence-corrected chi connectivity index (χ1v) is 6.21. The molecule has 0 aliphatic heterocycles. The minimum Gasteiger partial charge on any atom is -0.509 e. The molecule has 0 spiro atoms. The molecule has 0 aliphatic carbocycles. The maximum absolute atomic E-state index is 9.82. The number of hydrogen-bond acceptors (Lipinski definition) is 2. The molecule has 0 heterocycles. The van der Waals surface area contributed by atoms with Crippen LogP contribution in [0.15, 0.2) is 72.6 Å². The first-order chi connectivity index (χ1) is 8.94. The molecule has 2 nitrogen and oxygen atoms in total. The van der Waals surface area contributed by atoms with Crippen molar-refractivity contribution in [1.29, 1.82) is 0 Å². The Hall–Kier alpha value is -1.80. The van der Waals surface area contributed by atoms with E-state index in [1.165, 1.54) is 6.08 Å². The van der Waals surface area contributed by atoms with Crippen molar-refractivity contribution in [1.82, 2.24) is 0 Å². The van der Waals surface area contributed by atoms with E-state index in [1.807, 2.05) is 45.9 Å². The molecule has 0 amide bonds. The van der Waals surface area contributed by atoms with Gasteiger partial charge in [-0.3, -0.25) is 0 Å². The third-order valence-electron chi connectivity index (χ3n) is 2.30. The number of aliphatic hydroxyl groups excluding tert-OH is 2. The SMILES string of the molecule is C/C=C\C.C=C/C(=C\C)C(O)/C(C)=C/C=C\C(=C)O. The van der Waals surface area contributed by atoms with Crippen LogP contribution in [0.2, 0.25) is 0 Å². The maximum Gasteiger partial charge on any atom is 0.108 e. The van der Waals surface area contributed by atoms with Crippen LogP contribution in [0, 0.1) is 0 Å². The van der Waals surface area contributed by atoms with Crippen molar-refractivity contribution < 1.29 is 10.2 Å². The van der Waals surface area contributed by atoms with Gasteiger partial charge in [-0.05, 0) is 44.9 Å². The van der Waals surface area contributed by atoms with E-state index >= 15 is 0 Å². The van der Waals surface area contributed by atoms with Crippen molar-refractivity contribution in [3.8, 4) is 0 Å². The predicted octanol–water partition coefficient (Wildman–Crippen LogP) is 4.64. The number of hydrogen-bond donors (Lipinski definition) is 2. The molecule has 0 bridgehead atoms. The average molecular weight is 262 g/mol. The van der Waals surface area contributed by atoms with Crippen LogP contribution in [-0.2, 0) is 0 Å². The number of aliphatic hydroxyl groups is 2. The molecule has 0 rings (SSSR count). The fourth-order valence-electron chi connectivity index (χ4n) is 1.05. The first-order valence-electron chi connectivity index (χ1n) is 6.21. The topological polar surface area (TPSA) is 40.5 Å². The van der Waals surface area contributed by atoms with E-state index in [1.54, 1.807) is 18.2 Å². The molecule has 106 valence electrons. The van der Waals surface area contributed by atoms with Gasteiger partial charge >= 0.3 is 0 Å². The summed E-state index contributed by atoms with van der Waals surface area (Å²) in [5, 5.41) is 18.6. The van der Waals surface area contributed by atoms with Gasteiger partial charge in [-0.1, -0.05) is 49.6 Å². The second kappa shape index (κ2) is 12.7. The molecule has 0 aliphatic rings. The first kappa shape index (κ1) is 19.5. The van der Waals surface area contributed by atoms with E-state index in [2.05, 4.69) is 13.2 Å². The molecule has 0 aromatic carbocycles. The highest BCUT2D eigenvalue weighted by molar-refractivity contribution is 5.31. The number of allylic oxidation sites excluding steroid dienone is 6. The van der Waals surface area contributed by atoms with Gasteiger partial charge < -0.3 is 10.2 Å². The van der Waals surface area contributed by atoms with Gasteiger partial charge in [0.05, 0.1) is 6.10 Å². The van der Waals surface area contributed by atoms with Crippen molar-refractivity contribution >= 4 is 0 Å². The van der Waals surface area contributed by atoms with Crippen molar-refractivity contribution in [2.45, 2.75) is 33.8 Å². The van der Waals surface area contributed by atoms with Gasteiger partial charge in [-0.15, -0.1) is 0 Å². The van der Waals surface area contributed by atoms with Gasteiger partial charge in [-0.25, -0.2) is 0 Å². The van der Waals surface area contributed by atoms with E-state index in [9.17, 15) is 5.11 Å². The lowest BCUT2D eigenvalue weighted by Crippen LogP contribution is -2.09. The monoisotopic (exact) mass is 262 g/mol. The number of rotatable bonds is 5. The summed E-state index contributed by atoms with van der Waals surface area (Å²) >= 11 is 0. The summed E-state index contributed by atoms with van der Waals surface area (Å²) in [4.78, 5) is 0. The minimum absolute atomic E-state index is 0.0106. The second-order valence-corrected chi connectivity index (χ2v) is 3.82. The second-order valence-electron chi connectivity index (χ2n) is 3.82. The van der Waals surface area contributed by atoms with Gasteiger partial charge in [0.25, 0.3) is 0 Å². The molecule has 0 aromatic heterocycles. The zero-order chi connectivity index (χ0) is 15.3. The van der Waals surface area contributed by atoms with Crippen LogP contribution in [0.1, 0.15) is 27.7 Å². The highest BCUT2D eigenvalue weighted by atomic mass is 16.3. The van der Waals surface area contributed by atoms with Crippen molar-refractivity contribution in [2.75, 3.05) is 0 Å². The Balaban J connectivity index is 0. The molecule has 2 N–H and O–H groups in total. The normalized spacial score (nSPS) is 14.2. The summed E-state index contributed by atoms with van der Waals surface area (Å²) in [5.41, 5.74) is 1.54. The standard InChI is InChI=1S/C13H18O2.C4H8/c1-5-12(6-2)13(15)10(3)8-7-9-11(4)14;1-3-4-2/h5-9,13-15H,1,4H2,2-3H3;3-4H,1-2H3/b9-7-,10-8+,12-6+;4-3-. The Kier molecular flexibility index (Phi) is 13.0. The van der Waals surface area contributed by atoms with E-state index in [4.69, 9.17) is 5.11 Å². The Bertz CT molecular complexity index is 378. The van der Waals surface area contributed by atoms with Gasteiger partial charge in [0, 0.05) is 0 Å². The molecule has 0 fully saturated rings. The Morgan fingerprint density at radius 3 is 2.00 bits per heavy atom. The van der Waals surface area contributed by atoms with Crippen molar-refractivity contribution in [3.05, 3.63) is 72.6 Å². The summed E-state index contributed by atoms with van der Waals surface area (Å²) in [7, 11) is 0. The summed E-state index contributed by atoms with van der Waals surface area (Å²) < 4.78 is 0. The largest absolute Gasteiger partial charge is 0.509 e. The minimum atomic E-state index is -0.649. The van der Waals surface area contributed by atoms with Gasteiger partial charge in [0.1, 0.15) is 5.76 Å². The van der Waals surface area contributed by atoms with Crippen LogP contribution in [0.5, 0.6) is 0 Å². The Morgan fingerprint density at radius 1 is 1.16 bits per heavy atom. The highest BCUT2D eigenvalue weighted by Crippen LogP contribution is 2.12. The third kappa shape index (κ3) is 11.0.